The van der Waals surface area contributed by atoms with Crippen LogP contribution >= 0.6 is 0 Å². The average molecular weight is 214 g/mol. The minimum atomic E-state index is -4.50. The zero-order chi connectivity index (χ0) is 9.62. The molecule has 72 valence electrons. The van der Waals surface area contributed by atoms with Gasteiger partial charge in [-0.15, -0.1) is 0 Å². The quantitative estimate of drug-likeness (QED) is 0.610. The molecular weight excluding hydrogens is 204 g/mol. The SMILES string of the molecule is CC1(S(=O)(=O)O)CCCS1(=O)=O. The van der Waals surface area contributed by atoms with E-state index in [1.165, 1.54) is 0 Å². The van der Waals surface area contributed by atoms with E-state index < -0.39 is 24.0 Å². The van der Waals surface area contributed by atoms with Gasteiger partial charge in [0.25, 0.3) is 10.1 Å². The van der Waals surface area contributed by atoms with E-state index >= 15 is 0 Å². The molecule has 1 aliphatic heterocycles. The predicted molar refractivity (Wildman–Crippen MR) is 43.0 cm³/mol. The summed E-state index contributed by atoms with van der Waals surface area (Å²) in [4.78, 5) is 0. The smallest absolute Gasteiger partial charge is 0.284 e. The van der Waals surface area contributed by atoms with Crippen molar-refractivity contribution >= 4 is 20.0 Å². The van der Waals surface area contributed by atoms with Crippen LogP contribution in [0.3, 0.4) is 0 Å². The van der Waals surface area contributed by atoms with Crippen LogP contribution in [0.4, 0.5) is 0 Å². The molecule has 1 saturated heterocycles. The molecule has 1 aliphatic rings. The molecule has 7 heteroatoms. The summed E-state index contributed by atoms with van der Waals surface area (Å²) < 4.78 is 50.6. The molecule has 0 amide bonds. The molecule has 1 heterocycles. The van der Waals surface area contributed by atoms with E-state index in [1.807, 2.05) is 0 Å². The van der Waals surface area contributed by atoms with E-state index in [1.54, 1.807) is 0 Å². The first kappa shape index (κ1) is 9.94. The lowest BCUT2D eigenvalue weighted by Crippen LogP contribution is -2.39. The second kappa shape index (κ2) is 2.43. The van der Waals surface area contributed by atoms with Crippen molar-refractivity contribution in [3.05, 3.63) is 0 Å². The minimum Gasteiger partial charge on any atom is -0.284 e. The maximum atomic E-state index is 11.2. The molecule has 1 atom stereocenters. The van der Waals surface area contributed by atoms with Crippen molar-refractivity contribution in [1.29, 1.82) is 0 Å². The Morgan fingerprint density at radius 1 is 1.42 bits per heavy atom. The Balaban J connectivity index is 3.36. The fourth-order valence-electron chi connectivity index (χ4n) is 1.24. The molecule has 0 bridgehead atoms. The maximum absolute atomic E-state index is 11.2. The average Bonchev–Trinajstić information content (AvgIpc) is 2.07. The first-order chi connectivity index (χ1) is 5.21. The van der Waals surface area contributed by atoms with Gasteiger partial charge in [0.1, 0.15) is 0 Å². The molecule has 0 aromatic rings. The highest BCUT2D eigenvalue weighted by atomic mass is 32.3. The van der Waals surface area contributed by atoms with Crippen molar-refractivity contribution < 1.29 is 21.4 Å². The van der Waals surface area contributed by atoms with Crippen LogP contribution in [0.25, 0.3) is 0 Å². The Morgan fingerprint density at radius 3 is 2.08 bits per heavy atom. The van der Waals surface area contributed by atoms with Gasteiger partial charge in [-0.3, -0.25) is 4.55 Å². The van der Waals surface area contributed by atoms with Crippen molar-refractivity contribution in [1.82, 2.24) is 0 Å². The Labute approximate surface area is 71.4 Å². The van der Waals surface area contributed by atoms with Gasteiger partial charge in [0.2, 0.25) is 0 Å². The molecule has 1 unspecified atom stereocenters. The molecular formula is C5H10O5S2. The number of sulfone groups is 1. The Morgan fingerprint density at radius 2 is 1.92 bits per heavy atom. The molecule has 5 nitrogen and oxygen atoms in total. The van der Waals surface area contributed by atoms with Crippen molar-refractivity contribution in [2.45, 2.75) is 23.8 Å². The third-order valence-electron chi connectivity index (χ3n) is 2.25. The summed E-state index contributed by atoms with van der Waals surface area (Å²) in [7, 11) is -8.18. The maximum Gasteiger partial charge on any atom is 0.285 e. The third-order valence-corrected chi connectivity index (χ3v) is 7.28. The fraction of sp³-hybridized carbons (Fsp3) is 1.00. The van der Waals surface area contributed by atoms with Gasteiger partial charge in [0.15, 0.2) is 13.9 Å². The molecule has 0 spiro atoms. The molecule has 0 aliphatic carbocycles. The summed E-state index contributed by atoms with van der Waals surface area (Å²) in [6, 6.07) is 0. The van der Waals surface area contributed by atoms with Gasteiger partial charge >= 0.3 is 0 Å². The largest absolute Gasteiger partial charge is 0.285 e. The van der Waals surface area contributed by atoms with Crippen LogP contribution < -0.4 is 0 Å². The zero-order valence-electron chi connectivity index (χ0n) is 6.52. The molecule has 0 aromatic carbocycles. The normalized spacial score (nSPS) is 35.2. The van der Waals surface area contributed by atoms with Crippen LogP contribution in [0, 0.1) is 0 Å². The van der Waals surface area contributed by atoms with E-state index in [0.717, 1.165) is 6.92 Å². The van der Waals surface area contributed by atoms with E-state index in [2.05, 4.69) is 0 Å². The van der Waals surface area contributed by atoms with Gasteiger partial charge in [0.05, 0.1) is 5.75 Å². The number of hydrogen-bond acceptors (Lipinski definition) is 4. The lowest BCUT2D eigenvalue weighted by atomic mass is 10.3. The van der Waals surface area contributed by atoms with E-state index in [4.69, 9.17) is 4.55 Å². The predicted octanol–water partition coefficient (Wildman–Crippen LogP) is -0.201. The highest BCUT2D eigenvalue weighted by Gasteiger charge is 2.53. The molecule has 12 heavy (non-hydrogen) atoms. The van der Waals surface area contributed by atoms with Crippen LogP contribution in [-0.4, -0.2) is 31.2 Å². The number of hydrogen-bond donors (Lipinski definition) is 1. The fourth-order valence-corrected chi connectivity index (χ4v) is 4.59. The number of rotatable bonds is 1. The van der Waals surface area contributed by atoms with Crippen molar-refractivity contribution in [2.24, 2.45) is 0 Å². The first-order valence-corrected chi connectivity index (χ1v) is 6.49. The van der Waals surface area contributed by atoms with Crippen LogP contribution in [0.15, 0.2) is 0 Å². The van der Waals surface area contributed by atoms with E-state index in [9.17, 15) is 16.8 Å². The molecule has 0 saturated carbocycles. The lowest BCUT2D eigenvalue weighted by molar-refractivity contribution is 0.456. The summed E-state index contributed by atoms with van der Waals surface area (Å²) in [5, 5.41) is 0. The summed E-state index contributed by atoms with van der Waals surface area (Å²) in [5.74, 6) is -0.163. The van der Waals surface area contributed by atoms with Crippen LogP contribution in [-0.2, 0) is 20.0 Å². The van der Waals surface area contributed by atoms with Crippen molar-refractivity contribution in [3.63, 3.8) is 0 Å². The Hall–Kier alpha value is -0.140. The van der Waals surface area contributed by atoms with Gasteiger partial charge in [-0.05, 0) is 19.8 Å². The molecule has 1 rings (SSSR count). The van der Waals surface area contributed by atoms with Crippen molar-refractivity contribution in [3.8, 4) is 0 Å². The lowest BCUT2D eigenvalue weighted by Gasteiger charge is -2.17. The Bertz CT molecular complexity index is 378. The van der Waals surface area contributed by atoms with Gasteiger partial charge in [0, 0.05) is 0 Å². The minimum absolute atomic E-state index is 0.0197. The van der Waals surface area contributed by atoms with Crippen LogP contribution in [0.1, 0.15) is 19.8 Å². The zero-order valence-corrected chi connectivity index (χ0v) is 8.15. The molecule has 0 radical (unpaired) electrons. The molecule has 0 aromatic heterocycles. The van der Waals surface area contributed by atoms with Crippen molar-refractivity contribution in [2.75, 3.05) is 5.75 Å². The standard InChI is InChI=1S/C5H10O5S2/c1-5(12(8,9)10)3-2-4-11(5,6)7/h2-4H2,1H3,(H,8,9,10). The summed E-state index contributed by atoms with van der Waals surface area (Å²) in [5.41, 5.74) is 0. The Kier molecular flexibility index (Phi) is 2.01. The highest BCUT2D eigenvalue weighted by molar-refractivity contribution is 8.08. The van der Waals surface area contributed by atoms with Gasteiger partial charge in [-0.25, -0.2) is 8.42 Å². The van der Waals surface area contributed by atoms with E-state index in [0.29, 0.717) is 6.42 Å². The van der Waals surface area contributed by atoms with E-state index in [-0.39, 0.29) is 12.2 Å². The van der Waals surface area contributed by atoms with Crippen LogP contribution in [0.5, 0.6) is 0 Å². The highest BCUT2D eigenvalue weighted by Crippen LogP contribution is 2.35. The van der Waals surface area contributed by atoms with Gasteiger partial charge in [-0.2, -0.15) is 8.42 Å². The summed E-state index contributed by atoms with van der Waals surface area (Å²) in [6.07, 6.45) is 0.271. The second-order valence-corrected chi connectivity index (χ2v) is 7.68. The summed E-state index contributed by atoms with van der Waals surface area (Å²) in [6.45, 7) is 1.05. The van der Waals surface area contributed by atoms with Crippen LogP contribution in [0.2, 0.25) is 0 Å². The van der Waals surface area contributed by atoms with Gasteiger partial charge in [-0.1, -0.05) is 0 Å². The monoisotopic (exact) mass is 214 g/mol. The second-order valence-electron chi connectivity index (χ2n) is 3.03. The first-order valence-electron chi connectivity index (χ1n) is 3.40. The summed E-state index contributed by atoms with van der Waals surface area (Å²) >= 11 is 0. The molecule has 1 N–H and O–H groups in total. The topological polar surface area (TPSA) is 88.5 Å². The van der Waals surface area contributed by atoms with Gasteiger partial charge < -0.3 is 0 Å². The molecule has 1 fully saturated rings. The third kappa shape index (κ3) is 1.16.